The van der Waals surface area contributed by atoms with E-state index in [2.05, 4.69) is 14.9 Å². The van der Waals surface area contributed by atoms with Crippen molar-refractivity contribution in [3.05, 3.63) is 46.0 Å². The smallest absolute Gasteiger partial charge is 0.244 e. The maximum absolute atomic E-state index is 13.0. The van der Waals surface area contributed by atoms with Crippen molar-refractivity contribution in [2.75, 3.05) is 6.54 Å². The van der Waals surface area contributed by atoms with E-state index >= 15 is 0 Å². The van der Waals surface area contributed by atoms with Gasteiger partial charge in [0.25, 0.3) is 0 Å². The fourth-order valence-corrected chi connectivity index (χ4v) is 3.64. The van der Waals surface area contributed by atoms with Crippen LogP contribution >= 0.6 is 11.6 Å². The number of hydrogen-bond donors (Lipinski definition) is 2. The molecule has 0 aliphatic heterocycles. The number of nitrogens with one attached hydrogen (secondary N) is 2. The molecule has 0 fully saturated rings. The maximum Gasteiger partial charge on any atom is 0.244 e. The third kappa shape index (κ3) is 3.61. The van der Waals surface area contributed by atoms with Gasteiger partial charge in [-0.15, -0.1) is 0 Å². The lowest BCUT2D eigenvalue weighted by Gasteiger charge is -2.07. The first-order chi connectivity index (χ1) is 9.81. The van der Waals surface area contributed by atoms with Crippen LogP contribution in [0.1, 0.15) is 17.0 Å². The van der Waals surface area contributed by atoms with Crippen molar-refractivity contribution in [2.24, 2.45) is 0 Å². The minimum Gasteiger partial charge on any atom is -0.281 e. The van der Waals surface area contributed by atoms with Gasteiger partial charge in [-0.2, -0.15) is 5.10 Å². The van der Waals surface area contributed by atoms with Crippen LogP contribution in [0, 0.1) is 19.7 Å². The van der Waals surface area contributed by atoms with E-state index in [-0.39, 0.29) is 16.5 Å². The van der Waals surface area contributed by atoms with Crippen LogP contribution in [-0.4, -0.2) is 25.2 Å². The Hall–Kier alpha value is -1.44. The number of aromatic nitrogens is 2. The van der Waals surface area contributed by atoms with Crippen molar-refractivity contribution in [3.63, 3.8) is 0 Å². The van der Waals surface area contributed by atoms with Crippen molar-refractivity contribution < 1.29 is 12.8 Å². The van der Waals surface area contributed by atoms with Gasteiger partial charge in [0.05, 0.1) is 16.4 Å². The number of nitrogens with zero attached hydrogens (tertiary/aromatic N) is 1. The fourth-order valence-electron chi connectivity index (χ4n) is 2.03. The first-order valence-electron chi connectivity index (χ1n) is 6.26. The molecule has 0 atom stereocenters. The molecule has 0 saturated carbocycles. The van der Waals surface area contributed by atoms with Crippen LogP contribution < -0.4 is 4.72 Å². The van der Waals surface area contributed by atoms with Crippen LogP contribution in [0.3, 0.4) is 0 Å². The highest BCUT2D eigenvalue weighted by Gasteiger charge is 2.21. The highest BCUT2D eigenvalue weighted by atomic mass is 35.5. The number of aromatic amines is 1. The van der Waals surface area contributed by atoms with Gasteiger partial charge in [-0.1, -0.05) is 17.7 Å². The second kappa shape index (κ2) is 6.13. The molecule has 8 heteroatoms. The van der Waals surface area contributed by atoms with Crippen molar-refractivity contribution in [1.29, 1.82) is 0 Å². The molecule has 0 aliphatic carbocycles. The molecule has 0 amide bonds. The van der Waals surface area contributed by atoms with Crippen LogP contribution in [0.15, 0.2) is 23.1 Å². The Bertz CT molecular complexity index is 739. The fraction of sp³-hybridized carbons (Fsp3) is 0.308. The summed E-state index contributed by atoms with van der Waals surface area (Å²) in [7, 11) is -3.62. The molecule has 0 radical (unpaired) electrons. The largest absolute Gasteiger partial charge is 0.281 e. The van der Waals surface area contributed by atoms with Gasteiger partial charge >= 0.3 is 0 Å². The zero-order chi connectivity index (χ0) is 15.6. The van der Waals surface area contributed by atoms with E-state index in [9.17, 15) is 12.8 Å². The van der Waals surface area contributed by atoms with E-state index in [1.807, 2.05) is 0 Å². The Morgan fingerprint density at radius 2 is 2.10 bits per heavy atom. The molecule has 1 aromatic carbocycles. The molecule has 5 nitrogen and oxygen atoms in total. The maximum atomic E-state index is 13.0. The topological polar surface area (TPSA) is 74.8 Å². The molecule has 2 N–H and O–H groups in total. The van der Waals surface area contributed by atoms with Crippen LogP contribution in [0.5, 0.6) is 0 Å². The summed E-state index contributed by atoms with van der Waals surface area (Å²) >= 11 is 5.68. The Morgan fingerprint density at radius 1 is 1.38 bits per heavy atom. The summed E-state index contributed by atoms with van der Waals surface area (Å²) in [5.74, 6) is -0.495. The third-order valence-corrected chi connectivity index (χ3v) is 5.03. The molecule has 1 heterocycles. The number of aryl methyl sites for hydroxylation is 2. The van der Waals surface area contributed by atoms with Crippen molar-refractivity contribution in [1.82, 2.24) is 14.9 Å². The quantitative estimate of drug-likeness (QED) is 0.883. The third-order valence-electron chi connectivity index (χ3n) is 3.02. The Kier molecular flexibility index (Phi) is 4.65. The lowest BCUT2D eigenvalue weighted by Crippen LogP contribution is -2.26. The van der Waals surface area contributed by atoms with E-state index < -0.39 is 15.8 Å². The van der Waals surface area contributed by atoms with Gasteiger partial charge in [0, 0.05) is 6.54 Å². The molecule has 0 aliphatic rings. The van der Waals surface area contributed by atoms with Crippen molar-refractivity contribution in [2.45, 2.75) is 25.2 Å². The monoisotopic (exact) mass is 331 g/mol. The highest BCUT2D eigenvalue weighted by molar-refractivity contribution is 7.89. The molecule has 0 spiro atoms. The number of rotatable bonds is 5. The average molecular weight is 332 g/mol. The summed E-state index contributed by atoms with van der Waals surface area (Å²) in [6.45, 7) is 3.46. The number of hydrogen-bond acceptors (Lipinski definition) is 3. The van der Waals surface area contributed by atoms with Crippen molar-refractivity contribution in [3.8, 4) is 0 Å². The van der Waals surface area contributed by atoms with E-state index in [0.717, 1.165) is 5.56 Å². The van der Waals surface area contributed by atoms with E-state index in [1.165, 1.54) is 12.1 Å². The molecular formula is C13H15ClFN3O2S. The number of H-pyrrole nitrogens is 1. The minimum atomic E-state index is -3.62. The van der Waals surface area contributed by atoms with E-state index in [1.54, 1.807) is 19.9 Å². The summed E-state index contributed by atoms with van der Waals surface area (Å²) in [6, 6.07) is 4.32. The number of sulfonamides is 1. The molecule has 0 saturated heterocycles. The SMILES string of the molecule is Cc1n[nH]c(C)c1S(=O)(=O)NCCc1ccc(F)c(Cl)c1. The molecule has 114 valence electrons. The van der Waals surface area contributed by atoms with E-state index in [4.69, 9.17) is 11.6 Å². The standard InChI is InChI=1S/C13H15ClFN3O2S/c1-8-13(9(2)18-17-8)21(19,20)16-6-5-10-3-4-12(15)11(14)7-10/h3-4,7,16H,5-6H2,1-2H3,(H,17,18). The van der Waals surface area contributed by atoms with Gasteiger partial charge < -0.3 is 0 Å². The molecule has 21 heavy (non-hydrogen) atoms. The first kappa shape index (κ1) is 15.9. The number of halogens is 2. The summed E-state index contributed by atoms with van der Waals surface area (Å²) in [5, 5.41) is 6.53. The predicted octanol–water partition coefficient (Wildman–Crippen LogP) is 2.34. The Morgan fingerprint density at radius 3 is 2.67 bits per heavy atom. The molecule has 2 rings (SSSR count). The summed E-state index contributed by atoms with van der Waals surface area (Å²) in [6.07, 6.45) is 0.412. The predicted molar refractivity (Wildman–Crippen MR) is 78.4 cm³/mol. The first-order valence-corrected chi connectivity index (χ1v) is 8.12. The van der Waals surface area contributed by atoms with Gasteiger partial charge in [0.2, 0.25) is 10.0 Å². The van der Waals surface area contributed by atoms with Gasteiger partial charge in [-0.3, -0.25) is 5.10 Å². The molecule has 2 aromatic rings. The number of benzene rings is 1. The van der Waals surface area contributed by atoms with Crippen LogP contribution in [-0.2, 0) is 16.4 Å². The summed E-state index contributed by atoms with van der Waals surface area (Å²) in [5.41, 5.74) is 1.67. The molecule has 1 aromatic heterocycles. The summed E-state index contributed by atoms with van der Waals surface area (Å²) < 4.78 is 39.9. The average Bonchev–Trinajstić information content (AvgIpc) is 2.74. The zero-order valence-electron chi connectivity index (χ0n) is 11.6. The van der Waals surface area contributed by atoms with Gasteiger partial charge in [-0.05, 0) is 38.0 Å². The molecule has 0 bridgehead atoms. The normalized spacial score (nSPS) is 11.8. The highest BCUT2D eigenvalue weighted by Crippen LogP contribution is 2.18. The van der Waals surface area contributed by atoms with Crippen molar-refractivity contribution >= 4 is 21.6 Å². The Balaban J connectivity index is 2.04. The zero-order valence-corrected chi connectivity index (χ0v) is 13.1. The second-order valence-corrected chi connectivity index (χ2v) is 6.77. The van der Waals surface area contributed by atoms with Crippen LogP contribution in [0.2, 0.25) is 5.02 Å². The lowest BCUT2D eigenvalue weighted by molar-refractivity contribution is 0.580. The van der Waals surface area contributed by atoms with Gasteiger partial charge in [-0.25, -0.2) is 17.5 Å². The van der Waals surface area contributed by atoms with Crippen LogP contribution in [0.4, 0.5) is 4.39 Å². The molecular weight excluding hydrogens is 317 g/mol. The Labute approximate surface area is 127 Å². The minimum absolute atomic E-state index is 0.0249. The van der Waals surface area contributed by atoms with E-state index in [0.29, 0.717) is 17.8 Å². The van der Waals surface area contributed by atoms with Gasteiger partial charge in [0.15, 0.2) is 0 Å². The van der Waals surface area contributed by atoms with Crippen LogP contribution in [0.25, 0.3) is 0 Å². The summed E-state index contributed by atoms with van der Waals surface area (Å²) in [4.78, 5) is 0.166. The van der Waals surface area contributed by atoms with Gasteiger partial charge in [0.1, 0.15) is 10.7 Å². The lowest BCUT2D eigenvalue weighted by atomic mass is 10.1. The second-order valence-electron chi connectivity index (χ2n) is 4.66. The molecule has 0 unspecified atom stereocenters.